The highest BCUT2D eigenvalue weighted by atomic mass is 19.1. The summed E-state index contributed by atoms with van der Waals surface area (Å²) in [5.41, 5.74) is 0.376. The van der Waals surface area contributed by atoms with E-state index >= 15 is 0 Å². The normalized spacial score (nSPS) is 15.1. The van der Waals surface area contributed by atoms with Gasteiger partial charge >= 0.3 is 0 Å². The Kier molecular flexibility index (Phi) is 5.05. The minimum Gasteiger partial charge on any atom is -0.493 e. The van der Waals surface area contributed by atoms with Gasteiger partial charge in [-0.15, -0.1) is 0 Å². The third-order valence-electron chi connectivity index (χ3n) is 5.53. The number of amides is 1. The lowest BCUT2D eigenvalue weighted by molar-refractivity contribution is 0.0970. The van der Waals surface area contributed by atoms with Gasteiger partial charge in [-0.1, -0.05) is 12.1 Å². The van der Waals surface area contributed by atoms with Crippen LogP contribution in [0.3, 0.4) is 0 Å². The van der Waals surface area contributed by atoms with Gasteiger partial charge in [0.05, 0.1) is 30.7 Å². The van der Waals surface area contributed by atoms with Crippen molar-refractivity contribution in [1.29, 1.82) is 0 Å². The van der Waals surface area contributed by atoms with Crippen molar-refractivity contribution in [3.63, 3.8) is 0 Å². The Morgan fingerprint density at radius 2 is 1.94 bits per heavy atom. The third kappa shape index (κ3) is 3.31. The number of nitrogens with zero attached hydrogens (tertiary/aromatic N) is 2. The molecule has 0 fully saturated rings. The number of methoxy groups -OCH3 is 1. The summed E-state index contributed by atoms with van der Waals surface area (Å²) < 4.78 is 30.8. The topological polar surface area (TPSA) is 81.9 Å². The molecule has 0 saturated heterocycles. The molecule has 0 aliphatic carbocycles. The van der Waals surface area contributed by atoms with E-state index in [1.807, 2.05) is 6.92 Å². The Hall–Kier alpha value is -4.20. The van der Waals surface area contributed by atoms with Crippen molar-refractivity contribution in [1.82, 2.24) is 4.98 Å². The lowest BCUT2D eigenvalue weighted by Crippen LogP contribution is -2.30. The summed E-state index contributed by atoms with van der Waals surface area (Å²) in [7, 11) is 1.51. The number of hydrogen-bond acceptors (Lipinski definition) is 6. The highest BCUT2D eigenvalue weighted by Gasteiger charge is 2.44. The first-order valence-corrected chi connectivity index (χ1v) is 10.3. The maximum Gasteiger partial charge on any atom is 0.296 e. The van der Waals surface area contributed by atoms with E-state index in [4.69, 9.17) is 13.9 Å². The molecule has 0 N–H and O–H groups in total. The van der Waals surface area contributed by atoms with Crippen LogP contribution in [0.1, 0.15) is 34.6 Å². The van der Waals surface area contributed by atoms with Gasteiger partial charge in [-0.3, -0.25) is 14.5 Å². The lowest BCUT2D eigenvalue weighted by atomic mass is 9.98. The molecular formula is C25H19FN2O5. The zero-order valence-electron chi connectivity index (χ0n) is 17.9. The number of rotatable bonds is 5. The fourth-order valence-corrected chi connectivity index (χ4v) is 4.12. The van der Waals surface area contributed by atoms with Crippen LogP contribution < -0.4 is 19.8 Å². The maximum atomic E-state index is 13.9. The number of carbonyl (C=O) groups is 1. The van der Waals surface area contributed by atoms with Gasteiger partial charge in [-0.05, 0) is 55.0 Å². The van der Waals surface area contributed by atoms with Crippen LogP contribution >= 0.6 is 0 Å². The molecule has 0 bridgehead atoms. The van der Waals surface area contributed by atoms with Crippen LogP contribution in [0.15, 0.2) is 70.0 Å². The Morgan fingerprint density at radius 1 is 1.09 bits per heavy atom. The van der Waals surface area contributed by atoms with E-state index in [9.17, 15) is 14.0 Å². The quantitative estimate of drug-likeness (QED) is 0.450. The smallest absolute Gasteiger partial charge is 0.296 e. The Bertz CT molecular complexity index is 1430. The predicted molar refractivity (Wildman–Crippen MR) is 119 cm³/mol. The molecule has 1 amide bonds. The molecule has 0 saturated carbocycles. The number of fused-ring (bicyclic) bond motifs is 2. The summed E-state index contributed by atoms with van der Waals surface area (Å²) in [4.78, 5) is 32.7. The van der Waals surface area contributed by atoms with Gasteiger partial charge in [-0.2, -0.15) is 0 Å². The molecule has 8 heteroatoms. The van der Waals surface area contributed by atoms with Gasteiger partial charge in [-0.25, -0.2) is 9.37 Å². The van der Waals surface area contributed by atoms with Crippen molar-refractivity contribution in [2.24, 2.45) is 0 Å². The largest absolute Gasteiger partial charge is 0.493 e. The Balaban J connectivity index is 1.79. The van der Waals surface area contributed by atoms with Gasteiger partial charge in [0, 0.05) is 6.20 Å². The van der Waals surface area contributed by atoms with Crippen molar-refractivity contribution in [2.75, 3.05) is 18.6 Å². The SMILES string of the molecule is CCOc1ccc([C@H]2c3c(oc4ccc(F)cc4c3=O)C(=O)N2c2ccccn2)cc1OC. The van der Waals surface area contributed by atoms with Gasteiger partial charge in [0.2, 0.25) is 5.76 Å². The zero-order valence-corrected chi connectivity index (χ0v) is 17.9. The van der Waals surface area contributed by atoms with Gasteiger partial charge in [0.25, 0.3) is 5.91 Å². The van der Waals surface area contributed by atoms with Crippen LogP contribution in [0.5, 0.6) is 11.5 Å². The Labute approximate surface area is 188 Å². The second-order valence-corrected chi connectivity index (χ2v) is 7.42. The summed E-state index contributed by atoms with van der Waals surface area (Å²) in [5.74, 6) is 0.159. The highest BCUT2D eigenvalue weighted by Crippen LogP contribution is 2.42. The number of carbonyl (C=O) groups excluding carboxylic acids is 1. The van der Waals surface area contributed by atoms with E-state index in [1.165, 1.54) is 24.1 Å². The molecule has 1 aliphatic rings. The van der Waals surface area contributed by atoms with Crippen LogP contribution in [0, 0.1) is 5.82 Å². The molecule has 5 rings (SSSR count). The molecule has 4 aromatic rings. The minimum absolute atomic E-state index is 0.0623. The third-order valence-corrected chi connectivity index (χ3v) is 5.53. The summed E-state index contributed by atoms with van der Waals surface area (Å²) in [6.07, 6.45) is 1.56. The number of benzene rings is 2. The fourth-order valence-electron chi connectivity index (χ4n) is 4.12. The van der Waals surface area contributed by atoms with E-state index < -0.39 is 23.2 Å². The summed E-state index contributed by atoms with van der Waals surface area (Å²) in [5, 5.41) is 0.0623. The number of pyridine rings is 1. The maximum absolute atomic E-state index is 13.9. The van der Waals surface area contributed by atoms with Crippen LogP contribution in [0.2, 0.25) is 0 Å². The molecule has 2 aromatic carbocycles. The molecule has 166 valence electrons. The fraction of sp³-hybridized carbons (Fsp3) is 0.160. The molecule has 0 radical (unpaired) electrons. The summed E-state index contributed by atoms with van der Waals surface area (Å²) >= 11 is 0. The second kappa shape index (κ2) is 8.05. The monoisotopic (exact) mass is 446 g/mol. The molecular weight excluding hydrogens is 427 g/mol. The first-order valence-electron chi connectivity index (χ1n) is 10.3. The summed E-state index contributed by atoms with van der Waals surface area (Å²) in [6, 6.07) is 13.1. The van der Waals surface area contributed by atoms with Gasteiger partial charge in [0.1, 0.15) is 17.2 Å². The number of ether oxygens (including phenoxy) is 2. The van der Waals surface area contributed by atoms with Gasteiger partial charge in [0.15, 0.2) is 16.9 Å². The molecule has 2 aromatic heterocycles. The molecule has 0 unspecified atom stereocenters. The highest BCUT2D eigenvalue weighted by molar-refractivity contribution is 6.10. The van der Waals surface area contributed by atoms with Crippen LogP contribution in [0.25, 0.3) is 11.0 Å². The standard InChI is InChI=1S/C25H19FN2O5/c1-3-32-18-9-7-14(12-19(18)31-2)22-21-23(29)16-13-15(26)8-10-17(16)33-24(21)25(30)28(22)20-6-4-5-11-27-20/h4-13,22H,3H2,1-2H3/t22-/m0/s1. The average Bonchev–Trinajstić information content (AvgIpc) is 3.13. The van der Waals surface area contributed by atoms with Gasteiger partial charge < -0.3 is 13.9 Å². The second-order valence-electron chi connectivity index (χ2n) is 7.42. The minimum atomic E-state index is -0.851. The molecule has 1 atom stereocenters. The van der Waals surface area contributed by atoms with E-state index in [1.54, 1.807) is 42.6 Å². The van der Waals surface area contributed by atoms with E-state index in [2.05, 4.69) is 4.98 Å². The number of aromatic nitrogens is 1. The molecule has 0 spiro atoms. The van der Waals surface area contributed by atoms with Crippen molar-refractivity contribution in [2.45, 2.75) is 13.0 Å². The van der Waals surface area contributed by atoms with Crippen LogP contribution in [-0.4, -0.2) is 24.6 Å². The number of anilines is 1. The lowest BCUT2D eigenvalue weighted by Gasteiger charge is -2.24. The van der Waals surface area contributed by atoms with Crippen molar-refractivity contribution in [3.05, 3.63) is 93.7 Å². The van der Waals surface area contributed by atoms with Crippen LogP contribution in [0.4, 0.5) is 10.2 Å². The number of halogens is 1. The van der Waals surface area contributed by atoms with E-state index in [0.717, 1.165) is 6.07 Å². The first kappa shape index (κ1) is 20.7. The summed E-state index contributed by atoms with van der Waals surface area (Å²) in [6.45, 7) is 2.30. The van der Waals surface area contributed by atoms with Crippen molar-refractivity contribution < 1.29 is 23.1 Å². The van der Waals surface area contributed by atoms with E-state index in [0.29, 0.717) is 29.5 Å². The van der Waals surface area contributed by atoms with Crippen LogP contribution in [-0.2, 0) is 0 Å². The predicted octanol–water partition coefficient (Wildman–Crippen LogP) is 4.48. The molecule has 1 aliphatic heterocycles. The molecule has 3 heterocycles. The molecule has 7 nitrogen and oxygen atoms in total. The Morgan fingerprint density at radius 3 is 2.67 bits per heavy atom. The number of hydrogen-bond donors (Lipinski definition) is 0. The van der Waals surface area contributed by atoms with Crippen molar-refractivity contribution in [3.8, 4) is 11.5 Å². The average molecular weight is 446 g/mol. The molecule has 33 heavy (non-hydrogen) atoms. The zero-order chi connectivity index (χ0) is 23.1. The van der Waals surface area contributed by atoms with E-state index in [-0.39, 0.29) is 22.3 Å². The first-order chi connectivity index (χ1) is 16.0. The van der Waals surface area contributed by atoms with Crippen molar-refractivity contribution >= 4 is 22.7 Å².